The first-order valence-electron chi connectivity index (χ1n) is 6.15. The van der Waals surface area contributed by atoms with Crippen LogP contribution in [0.1, 0.15) is 17.3 Å². The molecule has 3 rings (SSSR count). The number of fused-ring (bicyclic) bond motifs is 1. The summed E-state index contributed by atoms with van der Waals surface area (Å²) >= 11 is 0. The third kappa shape index (κ3) is 1.99. The van der Waals surface area contributed by atoms with Gasteiger partial charge in [0.25, 0.3) is 5.91 Å². The summed E-state index contributed by atoms with van der Waals surface area (Å²) in [6.45, 7) is 2.90. The normalized spacial score (nSPS) is 21.2. The van der Waals surface area contributed by atoms with Crippen LogP contribution in [0.4, 0.5) is 0 Å². The standard InChI is InChI=1S/C13H14N2O4/c1-8-12(16)14-4-5-15(8)13(17)9-2-3-10-11(6-9)19-7-18-10/h2-3,6,8H,4-5,7H2,1H3,(H,14,16)/t8-/m0/s1. The average molecular weight is 262 g/mol. The predicted octanol–water partition coefficient (Wildman–Crippen LogP) is 0.376. The van der Waals surface area contributed by atoms with Gasteiger partial charge in [-0.1, -0.05) is 0 Å². The number of hydrogen-bond acceptors (Lipinski definition) is 4. The van der Waals surface area contributed by atoms with Gasteiger partial charge in [-0.25, -0.2) is 0 Å². The fourth-order valence-electron chi connectivity index (χ4n) is 2.26. The van der Waals surface area contributed by atoms with E-state index in [9.17, 15) is 9.59 Å². The minimum Gasteiger partial charge on any atom is -0.454 e. The van der Waals surface area contributed by atoms with Gasteiger partial charge >= 0.3 is 0 Å². The van der Waals surface area contributed by atoms with Crippen molar-refractivity contribution in [1.82, 2.24) is 10.2 Å². The van der Waals surface area contributed by atoms with Crippen LogP contribution in [0.25, 0.3) is 0 Å². The van der Waals surface area contributed by atoms with Crippen LogP contribution in [0.3, 0.4) is 0 Å². The van der Waals surface area contributed by atoms with Gasteiger partial charge in [0.05, 0.1) is 0 Å². The lowest BCUT2D eigenvalue weighted by atomic mass is 10.1. The van der Waals surface area contributed by atoms with Crippen molar-refractivity contribution in [2.45, 2.75) is 13.0 Å². The van der Waals surface area contributed by atoms with E-state index in [1.165, 1.54) is 0 Å². The lowest BCUT2D eigenvalue weighted by molar-refractivity contribution is -0.127. The van der Waals surface area contributed by atoms with Crippen LogP contribution >= 0.6 is 0 Å². The lowest BCUT2D eigenvalue weighted by Crippen LogP contribution is -2.55. The number of hydrogen-bond donors (Lipinski definition) is 1. The number of ether oxygens (including phenoxy) is 2. The maximum Gasteiger partial charge on any atom is 0.254 e. The van der Waals surface area contributed by atoms with Crippen LogP contribution in [0.15, 0.2) is 18.2 Å². The smallest absolute Gasteiger partial charge is 0.254 e. The van der Waals surface area contributed by atoms with E-state index in [2.05, 4.69) is 5.32 Å². The Morgan fingerprint density at radius 1 is 1.37 bits per heavy atom. The third-order valence-electron chi connectivity index (χ3n) is 3.38. The van der Waals surface area contributed by atoms with Gasteiger partial charge in [0.15, 0.2) is 11.5 Å². The first-order valence-corrected chi connectivity index (χ1v) is 6.15. The molecular formula is C13H14N2O4. The van der Waals surface area contributed by atoms with Crippen LogP contribution in [-0.4, -0.2) is 42.6 Å². The zero-order valence-corrected chi connectivity index (χ0v) is 10.5. The summed E-state index contributed by atoms with van der Waals surface area (Å²) in [7, 11) is 0. The van der Waals surface area contributed by atoms with Gasteiger partial charge in [-0.15, -0.1) is 0 Å². The predicted molar refractivity (Wildman–Crippen MR) is 66.1 cm³/mol. The first kappa shape index (κ1) is 11.8. The fourth-order valence-corrected chi connectivity index (χ4v) is 2.26. The monoisotopic (exact) mass is 262 g/mol. The van der Waals surface area contributed by atoms with E-state index in [0.29, 0.717) is 30.2 Å². The second kappa shape index (κ2) is 4.46. The molecule has 6 nitrogen and oxygen atoms in total. The summed E-state index contributed by atoms with van der Waals surface area (Å²) in [5.41, 5.74) is 0.505. The van der Waals surface area contributed by atoms with Crippen molar-refractivity contribution in [2.75, 3.05) is 19.9 Å². The van der Waals surface area contributed by atoms with Crippen LogP contribution in [0.5, 0.6) is 11.5 Å². The molecule has 2 amide bonds. The molecule has 0 aromatic heterocycles. The summed E-state index contributed by atoms with van der Waals surface area (Å²) < 4.78 is 10.5. The van der Waals surface area contributed by atoms with E-state index < -0.39 is 6.04 Å². The van der Waals surface area contributed by atoms with Crippen molar-refractivity contribution in [3.8, 4) is 11.5 Å². The lowest BCUT2D eigenvalue weighted by Gasteiger charge is -2.32. The Labute approximate surface area is 110 Å². The summed E-state index contributed by atoms with van der Waals surface area (Å²) in [5, 5.41) is 2.73. The summed E-state index contributed by atoms with van der Waals surface area (Å²) in [6, 6.07) is 4.61. The fraction of sp³-hybridized carbons (Fsp3) is 0.385. The zero-order valence-electron chi connectivity index (χ0n) is 10.5. The van der Waals surface area contributed by atoms with Crippen molar-refractivity contribution in [3.63, 3.8) is 0 Å². The Balaban J connectivity index is 1.85. The largest absolute Gasteiger partial charge is 0.454 e. The van der Waals surface area contributed by atoms with Gasteiger partial charge in [-0.2, -0.15) is 0 Å². The molecule has 6 heteroatoms. The summed E-state index contributed by atoms with van der Waals surface area (Å²) in [5.74, 6) is 0.918. The molecule has 1 atom stereocenters. The van der Waals surface area contributed by atoms with Gasteiger partial charge in [0.1, 0.15) is 6.04 Å². The SMILES string of the molecule is C[C@H]1C(=O)NCCN1C(=O)c1ccc2c(c1)OCO2. The average Bonchev–Trinajstić information content (AvgIpc) is 2.88. The molecule has 0 unspecified atom stereocenters. The molecular weight excluding hydrogens is 248 g/mol. The molecule has 1 aromatic rings. The minimum absolute atomic E-state index is 0.125. The van der Waals surface area contributed by atoms with Crippen LogP contribution < -0.4 is 14.8 Å². The third-order valence-corrected chi connectivity index (χ3v) is 3.38. The van der Waals surface area contributed by atoms with E-state index in [1.807, 2.05) is 0 Å². The molecule has 0 spiro atoms. The Bertz CT molecular complexity index is 543. The molecule has 2 aliphatic rings. The van der Waals surface area contributed by atoms with Crippen LogP contribution in [0.2, 0.25) is 0 Å². The van der Waals surface area contributed by atoms with Crippen LogP contribution in [-0.2, 0) is 4.79 Å². The number of piperazine rings is 1. The Morgan fingerprint density at radius 2 is 2.16 bits per heavy atom. The van der Waals surface area contributed by atoms with E-state index in [1.54, 1.807) is 30.0 Å². The highest BCUT2D eigenvalue weighted by molar-refractivity contribution is 5.98. The van der Waals surface area contributed by atoms with E-state index in [-0.39, 0.29) is 18.6 Å². The molecule has 19 heavy (non-hydrogen) atoms. The molecule has 1 N–H and O–H groups in total. The number of benzene rings is 1. The van der Waals surface area contributed by atoms with Crippen molar-refractivity contribution >= 4 is 11.8 Å². The Morgan fingerprint density at radius 3 is 3.00 bits per heavy atom. The molecule has 1 fully saturated rings. The highest BCUT2D eigenvalue weighted by atomic mass is 16.7. The number of rotatable bonds is 1. The Hall–Kier alpha value is -2.24. The number of nitrogens with one attached hydrogen (secondary N) is 1. The Kier molecular flexibility index (Phi) is 2.77. The highest BCUT2D eigenvalue weighted by Gasteiger charge is 2.30. The number of nitrogens with zero attached hydrogens (tertiary/aromatic N) is 1. The summed E-state index contributed by atoms with van der Waals surface area (Å²) in [6.07, 6.45) is 0. The van der Waals surface area contributed by atoms with Crippen molar-refractivity contribution < 1.29 is 19.1 Å². The molecule has 2 aliphatic heterocycles. The van der Waals surface area contributed by atoms with Gasteiger partial charge < -0.3 is 19.7 Å². The zero-order chi connectivity index (χ0) is 13.4. The van der Waals surface area contributed by atoms with Crippen molar-refractivity contribution in [1.29, 1.82) is 0 Å². The molecule has 2 heterocycles. The van der Waals surface area contributed by atoms with Crippen molar-refractivity contribution in [3.05, 3.63) is 23.8 Å². The number of carbonyl (C=O) groups is 2. The molecule has 0 radical (unpaired) electrons. The maximum absolute atomic E-state index is 12.4. The maximum atomic E-state index is 12.4. The van der Waals surface area contributed by atoms with E-state index >= 15 is 0 Å². The second-order valence-electron chi connectivity index (χ2n) is 4.53. The van der Waals surface area contributed by atoms with Crippen LogP contribution in [0, 0.1) is 0 Å². The molecule has 100 valence electrons. The topological polar surface area (TPSA) is 67.9 Å². The van der Waals surface area contributed by atoms with Gasteiger partial charge in [0.2, 0.25) is 12.7 Å². The summed E-state index contributed by atoms with van der Waals surface area (Å²) in [4.78, 5) is 25.5. The molecule has 1 aromatic carbocycles. The molecule has 0 saturated carbocycles. The molecule has 0 aliphatic carbocycles. The quantitative estimate of drug-likeness (QED) is 0.794. The highest BCUT2D eigenvalue weighted by Crippen LogP contribution is 2.32. The van der Waals surface area contributed by atoms with Gasteiger partial charge in [-0.05, 0) is 25.1 Å². The minimum atomic E-state index is -0.452. The van der Waals surface area contributed by atoms with E-state index in [0.717, 1.165) is 0 Å². The molecule has 0 bridgehead atoms. The second-order valence-corrected chi connectivity index (χ2v) is 4.53. The van der Waals surface area contributed by atoms with Crippen molar-refractivity contribution in [2.24, 2.45) is 0 Å². The molecule has 1 saturated heterocycles. The van der Waals surface area contributed by atoms with E-state index in [4.69, 9.17) is 9.47 Å². The number of amides is 2. The number of carbonyl (C=O) groups excluding carboxylic acids is 2. The van der Waals surface area contributed by atoms with Gasteiger partial charge in [-0.3, -0.25) is 9.59 Å². The van der Waals surface area contributed by atoms with Gasteiger partial charge in [0, 0.05) is 18.7 Å². The first-order chi connectivity index (χ1) is 9.16.